The number of thiophene rings is 1. The molecule has 3 rings (SSSR count). The molecule has 0 bridgehead atoms. The number of halogens is 4. The highest BCUT2D eigenvalue weighted by molar-refractivity contribution is 7.92. The largest absolute Gasteiger partial charge is 0.462 e. The number of alkyl halides is 3. The van der Waals surface area contributed by atoms with Crippen LogP contribution in [0.2, 0.25) is 4.34 Å². The summed E-state index contributed by atoms with van der Waals surface area (Å²) in [5.74, 6) is -3.41. The highest BCUT2D eigenvalue weighted by Gasteiger charge is 2.42. The summed E-state index contributed by atoms with van der Waals surface area (Å²) in [6.45, 7) is 0.856. The van der Waals surface area contributed by atoms with E-state index in [2.05, 4.69) is 9.72 Å². The molecule has 9 nitrogen and oxygen atoms in total. The van der Waals surface area contributed by atoms with Gasteiger partial charge in [-0.25, -0.2) is 22.9 Å². The van der Waals surface area contributed by atoms with Crippen LogP contribution in [0.25, 0.3) is 0 Å². The van der Waals surface area contributed by atoms with Crippen molar-refractivity contribution in [2.45, 2.75) is 17.3 Å². The van der Waals surface area contributed by atoms with Gasteiger partial charge >= 0.3 is 12.1 Å². The number of nitrogens with zero attached hydrogens (tertiary/aromatic N) is 3. The summed E-state index contributed by atoms with van der Waals surface area (Å²) in [7, 11) is -4.15. The Morgan fingerprint density at radius 3 is 2.58 bits per heavy atom. The Morgan fingerprint density at radius 1 is 1.39 bits per heavy atom. The van der Waals surface area contributed by atoms with Crippen LogP contribution < -0.4 is 9.62 Å². The zero-order valence-electron chi connectivity index (χ0n) is 16.6. The SMILES string of the molecule is CCOC(=O)c1cc(C#N)c(N2CC(C(=O)NS(=O)(=O)c3ccc(Cl)s3)C2)nc1C(F)(F)F. The van der Waals surface area contributed by atoms with Gasteiger partial charge in [0.2, 0.25) is 5.91 Å². The number of carbonyl (C=O) groups excluding carboxylic acids is 2. The lowest BCUT2D eigenvalue weighted by atomic mass is 9.98. The zero-order valence-corrected chi connectivity index (χ0v) is 19.0. The number of hydrogen-bond acceptors (Lipinski definition) is 9. The summed E-state index contributed by atoms with van der Waals surface area (Å²) in [4.78, 5) is 28.9. The molecule has 0 aromatic carbocycles. The van der Waals surface area contributed by atoms with Crippen molar-refractivity contribution in [1.29, 1.82) is 5.26 Å². The van der Waals surface area contributed by atoms with Crippen molar-refractivity contribution in [2.24, 2.45) is 5.92 Å². The standard InChI is InChI=1S/C18H14ClF3N4O5S2/c1-2-31-17(28)11-5-9(6-23)15(24-14(11)18(20,21)22)26-7-10(8-26)16(27)25-33(29,30)13-4-3-12(19)32-13/h3-5,10H,2,7-8H2,1H3,(H,25,27). The van der Waals surface area contributed by atoms with Crippen LogP contribution in [0.1, 0.15) is 28.5 Å². The van der Waals surface area contributed by atoms with Gasteiger partial charge in [-0.15, -0.1) is 11.3 Å². The molecular formula is C18H14ClF3N4O5S2. The van der Waals surface area contributed by atoms with E-state index >= 15 is 0 Å². The second-order valence-electron chi connectivity index (χ2n) is 6.72. The van der Waals surface area contributed by atoms with Crippen LogP contribution in [0, 0.1) is 17.2 Å². The molecular weight excluding hydrogens is 509 g/mol. The number of rotatable bonds is 6. The third-order valence-corrected chi connectivity index (χ3v) is 7.56. The molecule has 2 aromatic rings. The molecule has 0 saturated carbocycles. The van der Waals surface area contributed by atoms with Crippen LogP contribution in [-0.2, 0) is 25.7 Å². The Bertz CT molecular complexity index is 1250. The highest BCUT2D eigenvalue weighted by atomic mass is 35.5. The minimum atomic E-state index is -5.01. The molecule has 1 aliphatic rings. The Balaban J connectivity index is 1.81. The molecule has 0 aliphatic carbocycles. The van der Waals surface area contributed by atoms with Gasteiger partial charge < -0.3 is 9.64 Å². The lowest BCUT2D eigenvalue weighted by molar-refractivity contribution is -0.141. The lowest BCUT2D eigenvalue weighted by Gasteiger charge is -2.39. The smallest absolute Gasteiger partial charge is 0.434 e. The summed E-state index contributed by atoms with van der Waals surface area (Å²) < 4.78 is 71.5. The number of esters is 1. The van der Waals surface area contributed by atoms with Gasteiger partial charge in [-0.05, 0) is 25.1 Å². The fourth-order valence-electron chi connectivity index (χ4n) is 2.93. The normalized spacial score (nSPS) is 14.4. The average molecular weight is 523 g/mol. The van der Waals surface area contributed by atoms with Crippen LogP contribution in [0.3, 0.4) is 0 Å². The zero-order chi connectivity index (χ0) is 24.6. The molecule has 2 aromatic heterocycles. The van der Waals surface area contributed by atoms with Crippen LogP contribution in [0.15, 0.2) is 22.4 Å². The molecule has 1 saturated heterocycles. The van der Waals surface area contributed by atoms with Crippen molar-refractivity contribution in [3.05, 3.63) is 39.4 Å². The van der Waals surface area contributed by atoms with Crippen LogP contribution in [-0.4, -0.2) is 45.0 Å². The van der Waals surface area contributed by atoms with Crippen LogP contribution >= 0.6 is 22.9 Å². The first kappa shape index (κ1) is 24.7. The topological polar surface area (TPSA) is 129 Å². The second kappa shape index (κ2) is 9.16. The Hall–Kier alpha value is -2.89. The molecule has 176 valence electrons. The Kier molecular flexibility index (Phi) is 6.87. The molecule has 0 radical (unpaired) electrons. The Labute approximate surface area is 194 Å². The molecule has 1 amide bonds. The van der Waals surface area contributed by atoms with Crippen LogP contribution in [0.5, 0.6) is 0 Å². The van der Waals surface area contributed by atoms with Crippen molar-refractivity contribution >= 4 is 50.7 Å². The number of aromatic nitrogens is 1. The minimum Gasteiger partial charge on any atom is -0.462 e. The first-order valence-corrected chi connectivity index (χ1v) is 11.8. The van der Waals surface area contributed by atoms with Gasteiger partial charge in [0.1, 0.15) is 16.1 Å². The predicted octanol–water partition coefficient (Wildman–Crippen LogP) is 2.80. The van der Waals surface area contributed by atoms with Crippen molar-refractivity contribution in [3.8, 4) is 6.07 Å². The van der Waals surface area contributed by atoms with Gasteiger partial charge in [-0.1, -0.05) is 11.6 Å². The molecule has 0 unspecified atom stereocenters. The summed E-state index contributed by atoms with van der Waals surface area (Å²) in [6.07, 6.45) is -5.01. The quantitative estimate of drug-likeness (QED) is 0.573. The van der Waals surface area contributed by atoms with Gasteiger partial charge in [0.15, 0.2) is 5.69 Å². The number of anilines is 1. The number of carbonyl (C=O) groups is 2. The number of ether oxygens (including phenoxy) is 1. The number of nitriles is 1. The van der Waals surface area contributed by atoms with E-state index in [0.29, 0.717) is 0 Å². The maximum Gasteiger partial charge on any atom is 0.434 e. The third kappa shape index (κ3) is 5.21. The van der Waals surface area contributed by atoms with Crippen molar-refractivity contribution < 1.29 is 35.9 Å². The summed E-state index contributed by atoms with van der Waals surface area (Å²) in [6, 6.07) is 4.99. The van der Waals surface area contributed by atoms with E-state index in [-0.39, 0.29) is 39.6 Å². The number of sulfonamides is 1. The molecule has 3 heterocycles. The van der Waals surface area contributed by atoms with E-state index in [4.69, 9.17) is 11.6 Å². The maximum absolute atomic E-state index is 13.5. The molecule has 1 fully saturated rings. The number of nitrogens with one attached hydrogen (secondary N) is 1. The molecule has 0 atom stereocenters. The first-order valence-electron chi connectivity index (χ1n) is 9.13. The van der Waals surface area contributed by atoms with E-state index < -0.39 is 45.3 Å². The van der Waals surface area contributed by atoms with Gasteiger partial charge in [0.25, 0.3) is 10.0 Å². The van der Waals surface area contributed by atoms with Gasteiger partial charge in [-0.2, -0.15) is 18.4 Å². The summed E-state index contributed by atoms with van der Waals surface area (Å²) in [5, 5.41) is 9.35. The highest BCUT2D eigenvalue weighted by Crippen LogP contribution is 2.36. The molecule has 1 N–H and O–H groups in total. The summed E-state index contributed by atoms with van der Waals surface area (Å²) >= 11 is 6.45. The second-order valence-corrected chi connectivity index (χ2v) is 10.3. The Morgan fingerprint density at radius 2 is 2.06 bits per heavy atom. The lowest BCUT2D eigenvalue weighted by Crippen LogP contribution is -2.55. The molecule has 15 heteroatoms. The number of pyridine rings is 1. The van der Waals surface area contributed by atoms with Crippen molar-refractivity contribution in [2.75, 3.05) is 24.6 Å². The summed E-state index contributed by atoms with van der Waals surface area (Å²) in [5.41, 5.74) is -2.76. The number of hydrogen-bond donors (Lipinski definition) is 1. The van der Waals surface area contributed by atoms with Gasteiger partial charge in [0, 0.05) is 13.1 Å². The average Bonchev–Trinajstić information content (AvgIpc) is 3.13. The van der Waals surface area contributed by atoms with Crippen molar-refractivity contribution in [1.82, 2.24) is 9.71 Å². The minimum absolute atomic E-state index is 0.171. The third-order valence-electron chi connectivity index (χ3n) is 4.49. The van der Waals surface area contributed by atoms with E-state index in [9.17, 15) is 36.4 Å². The van der Waals surface area contributed by atoms with Gasteiger partial charge in [0.05, 0.1) is 28.0 Å². The fraction of sp³-hybridized carbons (Fsp3) is 0.333. The maximum atomic E-state index is 13.5. The fourth-order valence-corrected chi connectivity index (χ4v) is 5.46. The van der Waals surface area contributed by atoms with E-state index in [1.165, 1.54) is 24.0 Å². The first-order chi connectivity index (χ1) is 15.4. The van der Waals surface area contributed by atoms with E-state index in [0.717, 1.165) is 17.4 Å². The monoisotopic (exact) mass is 522 g/mol. The van der Waals surface area contributed by atoms with E-state index in [1.807, 2.05) is 4.72 Å². The molecule has 0 spiro atoms. The van der Waals surface area contributed by atoms with Crippen molar-refractivity contribution in [3.63, 3.8) is 0 Å². The van der Waals surface area contributed by atoms with Crippen LogP contribution in [0.4, 0.5) is 19.0 Å². The number of amides is 1. The van der Waals surface area contributed by atoms with E-state index in [1.54, 1.807) is 6.07 Å². The predicted molar refractivity (Wildman–Crippen MR) is 110 cm³/mol. The molecule has 1 aliphatic heterocycles. The van der Waals surface area contributed by atoms with Gasteiger partial charge in [-0.3, -0.25) is 4.79 Å². The molecule has 33 heavy (non-hydrogen) atoms.